The Morgan fingerprint density at radius 3 is 2.24 bits per heavy atom. The Balaban J connectivity index is 2.33. The third-order valence-electron chi connectivity index (χ3n) is 2.80. The van der Waals surface area contributed by atoms with E-state index in [4.69, 9.17) is 14.6 Å². The zero-order valence-corrected chi connectivity index (χ0v) is 9.19. The number of ether oxygens (including phenoxy) is 3. The van der Waals surface area contributed by atoms with E-state index in [-0.39, 0.29) is 0 Å². The predicted molar refractivity (Wildman–Crippen MR) is 46.8 cm³/mol. The highest BCUT2D eigenvalue weighted by Crippen LogP contribution is 2.49. The predicted octanol–water partition coefficient (Wildman–Crippen LogP) is 0.149. The van der Waals surface area contributed by atoms with Gasteiger partial charge in [0.05, 0.1) is 6.61 Å². The van der Waals surface area contributed by atoms with Crippen molar-refractivity contribution in [2.45, 2.75) is 49.9 Å². The number of alkyl halides is 3. The molecule has 0 spiro atoms. The van der Waals surface area contributed by atoms with Crippen molar-refractivity contribution in [2.24, 2.45) is 0 Å². The lowest BCUT2D eigenvalue weighted by molar-refractivity contribution is -0.389. The van der Waals surface area contributed by atoms with Crippen molar-refractivity contribution in [1.82, 2.24) is 0 Å². The van der Waals surface area contributed by atoms with Gasteiger partial charge in [-0.3, -0.25) is 0 Å². The van der Waals surface area contributed by atoms with Crippen molar-refractivity contribution in [3.05, 3.63) is 0 Å². The molecule has 4 atom stereocenters. The van der Waals surface area contributed by atoms with Gasteiger partial charge in [0, 0.05) is 0 Å². The first-order chi connectivity index (χ1) is 7.61. The highest BCUT2D eigenvalue weighted by molar-refractivity contribution is 5.04. The summed E-state index contributed by atoms with van der Waals surface area (Å²) in [6.45, 7) is 2.16. The van der Waals surface area contributed by atoms with Crippen molar-refractivity contribution in [3.63, 3.8) is 0 Å². The lowest BCUT2D eigenvalue weighted by Crippen LogP contribution is -2.54. The molecular formula is C9H13F3O5. The number of halogens is 3. The monoisotopic (exact) mass is 258 g/mol. The van der Waals surface area contributed by atoms with Crippen LogP contribution in [0.15, 0.2) is 0 Å². The summed E-state index contributed by atoms with van der Waals surface area (Å²) in [6.07, 6.45) is -9.14. The van der Waals surface area contributed by atoms with Crippen LogP contribution in [0.4, 0.5) is 13.2 Å². The molecule has 5 nitrogen and oxygen atoms in total. The van der Waals surface area contributed by atoms with Crippen molar-refractivity contribution in [3.8, 4) is 0 Å². The van der Waals surface area contributed by atoms with E-state index in [0.717, 1.165) is 0 Å². The van der Waals surface area contributed by atoms with E-state index < -0.39 is 42.7 Å². The van der Waals surface area contributed by atoms with E-state index in [1.807, 2.05) is 0 Å². The molecule has 2 saturated heterocycles. The number of hydrogen-bond donors (Lipinski definition) is 2. The van der Waals surface area contributed by atoms with Gasteiger partial charge >= 0.3 is 6.18 Å². The molecule has 2 heterocycles. The van der Waals surface area contributed by atoms with E-state index in [0.29, 0.717) is 0 Å². The second kappa shape index (κ2) is 3.55. The molecule has 2 aliphatic rings. The van der Waals surface area contributed by atoms with Gasteiger partial charge in [-0.2, -0.15) is 13.2 Å². The molecule has 8 heteroatoms. The van der Waals surface area contributed by atoms with E-state index in [2.05, 4.69) is 4.74 Å². The molecule has 0 aromatic heterocycles. The van der Waals surface area contributed by atoms with Crippen LogP contribution < -0.4 is 0 Å². The summed E-state index contributed by atoms with van der Waals surface area (Å²) in [5, 5.41) is 18.5. The fourth-order valence-corrected chi connectivity index (χ4v) is 2.10. The summed E-state index contributed by atoms with van der Waals surface area (Å²) in [7, 11) is 0. The molecule has 2 N–H and O–H groups in total. The fraction of sp³-hybridized carbons (Fsp3) is 1.00. The van der Waals surface area contributed by atoms with Crippen LogP contribution in [-0.4, -0.2) is 52.9 Å². The smallest absolute Gasteiger partial charge is 0.394 e. The van der Waals surface area contributed by atoms with Gasteiger partial charge in [0.2, 0.25) is 0 Å². The van der Waals surface area contributed by atoms with Crippen molar-refractivity contribution in [2.75, 3.05) is 6.61 Å². The number of hydrogen-bond acceptors (Lipinski definition) is 5. The Morgan fingerprint density at radius 2 is 1.76 bits per heavy atom. The van der Waals surface area contributed by atoms with Gasteiger partial charge in [-0.15, -0.1) is 0 Å². The maximum atomic E-state index is 12.8. The SMILES string of the molecule is CC1(C)O[C@H]2[C@@H](O1)[C@](O)(C(F)(F)F)O[C@@H]2CO. The minimum absolute atomic E-state index is 0.695. The van der Waals surface area contributed by atoms with Crippen LogP contribution in [0, 0.1) is 0 Å². The third kappa shape index (κ3) is 1.84. The maximum absolute atomic E-state index is 12.8. The Bertz CT molecular complexity index is 318. The lowest BCUT2D eigenvalue weighted by atomic mass is 10.1. The summed E-state index contributed by atoms with van der Waals surface area (Å²) < 4.78 is 52.9. The number of rotatable bonds is 1. The number of aliphatic hydroxyl groups is 2. The van der Waals surface area contributed by atoms with E-state index in [9.17, 15) is 18.3 Å². The van der Waals surface area contributed by atoms with E-state index in [1.54, 1.807) is 0 Å². The molecule has 2 rings (SSSR count). The number of fused-ring (bicyclic) bond motifs is 1. The van der Waals surface area contributed by atoms with Gasteiger partial charge in [-0.25, -0.2) is 0 Å². The second-order valence-electron chi connectivity index (χ2n) is 4.55. The fourth-order valence-electron chi connectivity index (χ4n) is 2.10. The molecule has 0 unspecified atom stereocenters. The van der Waals surface area contributed by atoms with Crippen LogP contribution >= 0.6 is 0 Å². The zero-order chi connectivity index (χ0) is 13.1. The van der Waals surface area contributed by atoms with Crippen LogP contribution in [0.3, 0.4) is 0 Å². The van der Waals surface area contributed by atoms with Gasteiger partial charge in [-0.05, 0) is 13.8 Å². The van der Waals surface area contributed by atoms with Gasteiger partial charge in [0.1, 0.15) is 12.2 Å². The quantitative estimate of drug-likeness (QED) is 0.700. The summed E-state index contributed by atoms with van der Waals surface area (Å²) in [5.74, 6) is -4.70. The molecular weight excluding hydrogens is 245 g/mol. The molecule has 0 amide bonds. The van der Waals surface area contributed by atoms with Crippen LogP contribution in [0.5, 0.6) is 0 Å². The highest BCUT2D eigenvalue weighted by Gasteiger charge is 2.73. The summed E-state index contributed by atoms with van der Waals surface area (Å²) in [4.78, 5) is 0. The molecule has 100 valence electrons. The normalized spacial score (nSPS) is 45.0. The molecule has 2 aliphatic heterocycles. The van der Waals surface area contributed by atoms with Gasteiger partial charge < -0.3 is 24.4 Å². The average Bonchev–Trinajstić information content (AvgIpc) is 2.59. The highest BCUT2D eigenvalue weighted by atomic mass is 19.4. The van der Waals surface area contributed by atoms with Crippen LogP contribution in [0.25, 0.3) is 0 Å². The minimum atomic E-state index is -5.02. The van der Waals surface area contributed by atoms with Crippen molar-refractivity contribution >= 4 is 0 Å². The Hall–Kier alpha value is -0.410. The lowest BCUT2D eigenvalue weighted by Gasteiger charge is -2.31. The first-order valence-electron chi connectivity index (χ1n) is 5.04. The Kier molecular flexibility index (Phi) is 2.72. The van der Waals surface area contributed by atoms with Crippen molar-refractivity contribution in [1.29, 1.82) is 0 Å². The molecule has 17 heavy (non-hydrogen) atoms. The maximum Gasteiger partial charge on any atom is 0.446 e. The van der Waals surface area contributed by atoms with Crippen LogP contribution in [-0.2, 0) is 14.2 Å². The topological polar surface area (TPSA) is 68.2 Å². The van der Waals surface area contributed by atoms with Gasteiger partial charge in [0.25, 0.3) is 5.79 Å². The molecule has 0 aromatic rings. The molecule has 0 aromatic carbocycles. The van der Waals surface area contributed by atoms with E-state index >= 15 is 0 Å². The molecule has 0 saturated carbocycles. The largest absolute Gasteiger partial charge is 0.446 e. The standard InChI is InChI=1S/C9H13F3O5/c1-7(2)16-5-4(3-13)15-8(14,6(5)17-7)9(10,11)12/h4-6,13-14H,3H2,1-2H3/t4-,5-,6-,8-/m1/s1. The first kappa shape index (κ1) is 13.0. The summed E-state index contributed by atoms with van der Waals surface area (Å²) in [5.41, 5.74) is 0. The average molecular weight is 258 g/mol. The summed E-state index contributed by atoms with van der Waals surface area (Å²) in [6, 6.07) is 0. The Morgan fingerprint density at radius 1 is 1.18 bits per heavy atom. The number of aliphatic hydroxyl groups excluding tert-OH is 1. The molecule has 0 aliphatic carbocycles. The zero-order valence-electron chi connectivity index (χ0n) is 9.19. The minimum Gasteiger partial charge on any atom is -0.394 e. The second-order valence-corrected chi connectivity index (χ2v) is 4.55. The van der Waals surface area contributed by atoms with Gasteiger partial charge in [-0.1, -0.05) is 0 Å². The Labute approximate surface area is 95.1 Å². The van der Waals surface area contributed by atoms with Crippen molar-refractivity contribution < 1.29 is 37.6 Å². The first-order valence-corrected chi connectivity index (χ1v) is 5.04. The molecule has 0 bridgehead atoms. The third-order valence-corrected chi connectivity index (χ3v) is 2.80. The van der Waals surface area contributed by atoms with E-state index in [1.165, 1.54) is 13.8 Å². The van der Waals surface area contributed by atoms with Crippen LogP contribution in [0.1, 0.15) is 13.8 Å². The summed E-state index contributed by atoms with van der Waals surface area (Å²) >= 11 is 0. The molecule has 0 radical (unpaired) electrons. The van der Waals surface area contributed by atoms with Gasteiger partial charge in [0.15, 0.2) is 11.9 Å². The molecule has 2 fully saturated rings. The van der Waals surface area contributed by atoms with Crippen LogP contribution in [0.2, 0.25) is 0 Å².